The summed E-state index contributed by atoms with van der Waals surface area (Å²) in [5.74, 6) is 1.49. The van der Waals surface area contributed by atoms with Crippen molar-refractivity contribution in [3.8, 4) is 5.75 Å². The zero-order valence-electron chi connectivity index (χ0n) is 11.6. The topological polar surface area (TPSA) is 37.4 Å². The highest BCUT2D eigenvalue weighted by Gasteiger charge is 2.20. The quantitative estimate of drug-likeness (QED) is 0.487. The summed E-state index contributed by atoms with van der Waals surface area (Å²) in [6, 6.07) is 4.00. The zero-order chi connectivity index (χ0) is 13.7. The van der Waals surface area contributed by atoms with Gasteiger partial charge < -0.3 is 10.1 Å². The second-order valence-corrected chi connectivity index (χ2v) is 6.56. The number of hydrogen-bond acceptors (Lipinski definition) is 4. The zero-order valence-corrected chi connectivity index (χ0v) is 13.8. The largest absolute Gasteiger partial charge is 0.489 e. The normalized spacial score (nSPS) is 18.5. The van der Waals surface area contributed by atoms with Gasteiger partial charge in [-0.1, -0.05) is 22.6 Å². The number of pyridine rings is 1. The Kier molecular flexibility index (Phi) is 5.84. The average molecular weight is 375 g/mol. The Labute approximate surface area is 129 Å². The Morgan fingerprint density at radius 1 is 1.47 bits per heavy atom. The maximum atomic E-state index is 5.98. The SMILES string of the molecule is CN(C)[C@H](I)COc1cccnc1C1CCNCC1. The van der Waals surface area contributed by atoms with E-state index in [0.29, 0.717) is 16.6 Å². The Bertz CT molecular complexity index is 394. The van der Waals surface area contributed by atoms with Crippen molar-refractivity contribution >= 4 is 22.6 Å². The molecule has 0 unspecified atom stereocenters. The fourth-order valence-corrected chi connectivity index (χ4v) is 2.41. The second-order valence-electron chi connectivity index (χ2n) is 5.12. The fraction of sp³-hybridized carbons (Fsp3) is 0.643. The van der Waals surface area contributed by atoms with E-state index in [1.54, 1.807) is 0 Å². The average Bonchev–Trinajstić information content (AvgIpc) is 2.46. The summed E-state index contributed by atoms with van der Waals surface area (Å²) >= 11 is 2.40. The highest BCUT2D eigenvalue weighted by Crippen LogP contribution is 2.30. The molecule has 1 N–H and O–H groups in total. The van der Waals surface area contributed by atoms with Crippen molar-refractivity contribution in [1.29, 1.82) is 0 Å². The fourth-order valence-electron chi connectivity index (χ4n) is 2.23. The van der Waals surface area contributed by atoms with Gasteiger partial charge in [0.1, 0.15) is 12.4 Å². The number of alkyl halides is 1. The van der Waals surface area contributed by atoms with E-state index in [-0.39, 0.29) is 0 Å². The first-order valence-electron chi connectivity index (χ1n) is 6.77. The lowest BCUT2D eigenvalue weighted by atomic mass is 9.93. The van der Waals surface area contributed by atoms with E-state index in [0.717, 1.165) is 37.4 Å². The molecular weight excluding hydrogens is 353 g/mol. The van der Waals surface area contributed by atoms with Crippen LogP contribution < -0.4 is 10.1 Å². The van der Waals surface area contributed by atoms with Gasteiger partial charge in [-0.15, -0.1) is 0 Å². The maximum absolute atomic E-state index is 5.98. The first-order valence-corrected chi connectivity index (χ1v) is 8.02. The molecule has 1 atom stereocenters. The predicted octanol–water partition coefficient (Wildman–Crippen LogP) is 2.25. The van der Waals surface area contributed by atoms with E-state index in [1.807, 2.05) is 18.3 Å². The van der Waals surface area contributed by atoms with Crippen molar-refractivity contribution in [3.63, 3.8) is 0 Å². The Hall–Kier alpha value is -0.400. The predicted molar refractivity (Wildman–Crippen MR) is 86.1 cm³/mol. The molecule has 4 nitrogen and oxygen atoms in total. The number of likely N-dealkylation sites (N-methyl/N-ethyl adjacent to an activating group) is 1. The summed E-state index contributed by atoms with van der Waals surface area (Å²) in [5.41, 5.74) is 1.13. The molecule has 2 heterocycles. The Morgan fingerprint density at radius 3 is 2.89 bits per heavy atom. The van der Waals surface area contributed by atoms with Crippen molar-refractivity contribution in [2.75, 3.05) is 33.8 Å². The minimum absolute atomic E-state index is 0.374. The molecule has 1 saturated heterocycles. The van der Waals surface area contributed by atoms with Crippen molar-refractivity contribution in [1.82, 2.24) is 15.2 Å². The highest BCUT2D eigenvalue weighted by molar-refractivity contribution is 14.1. The summed E-state index contributed by atoms with van der Waals surface area (Å²) in [7, 11) is 4.13. The lowest BCUT2D eigenvalue weighted by Crippen LogP contribution is -2.29. The lowest BCUT2D eigenvalue weighted by Gasteiger charge is -2.25. The molecule has 1 fully saturated rings. The molecule has 1 aromatic heterocycles. The maximum Gasteiger partial charge on any atom is 0.141 e. The number of aromatic nitrogens is 1. The highest BCUT2D eigenvalue weighted by atomic mass is 127. The number of nitrogens with one attached hydrogen (secondary N) is 1. The van der Waals surface area contributed by atoms with E-state index in [9.17, 15) is 0 Å². The molecule has 19 heavy (non-hydrogen) atoms. The van der Waals surface area contributed by atoms with E-state index in [1.165, 1.54) is 0 Å². The third kappa shape index (κ3) is 4.29. The molecule has 0 aliphatic carbocycles. The third-order valence-electron chi connectivity index (χ3n) is 3.46. The van der Waals surface area contributed by atoms with Crippen molar-refractivity contribution < 1.29 is 4.74 Å². The van der Waals surface area contributed by atoms with Gasteiger partial charge in [0.15, 0.2) is 0 Å². The molecule has 0 spiro atoms. The minimum Gasteiger partial charge on any atom is -0.489 e. The number of piperidine rings is 1. The summed E-state index contributed by atoms with van der Waals surface area (Å²) in [5, 5.41) is 3.39. The van der Waals surface area contributed by atoms with Crippen LogP contribution in [0, 0.1) is 0 Å². The van der Waals surface area contributed by atoms with Crippen LogP contribution in [0.3, 0.4) is 0 Å². The van der Waals surface area contributed by atoms with Gasteiger partial charge in [0, 0.05) is 12.1 Å². The first kappa shape index (κ1) is 15.0. The first-order chi connectivity index (χ1) is 9.18. The Balaban J connectivity index is 2.03. The van der Waals surface area contributed by atoms with Crippen molar-refractivity contribution in [2.45, 2.75) is 22.8 Å². The molecule has 1 aliphatic rings. The van der Waals surface area contributed by atoms with Gasteiger partial charge in [-0.2, -0.15) is 0 Å². The molecule has 106 valence electrons. The number of halogens is 1. The smallest absolute Gasteiger partial charge is 0.141 e. The van der Waals surface area contributed by atoms with Gasteiger partial charge in [-0.3, -0.25) is 9.88 Å². The number of hydrogen-bond donors (Lipinski definition) is 1. The van der Waals surface area contributed by atoms with E-state index < -0.39 is 0 Å². The molecule has 0 aromatic carbocycles. The number of ether oxygens (including phenoxy) is 1. The van der Waals surface area contributed by atoms with Gasteiger partial charge in [0.2, 0.25) is 0 Å². The van der Waals surface area contributed by atoms with Crippen LogP contribution in [-0.2, 0) is 0 Å². The molecule has 0 amide bonds. The van der Waals surface area contributed by atoms with Crippen LogP contribution in [0.15, 0.2) is 18.3 Å². The molecule has 0 bridgehead atoms. The molecule has 1 aliphatic heterocycles. The monoisotopic (exact) mass is 375 g/mol. The van der Waals surface area contributed by atoms with Gasteiger partial charge in [0.25, 0.3) is 0 Å². The summed E-state index contributed by atoms with van der Waals surface area (Å²) in [6.07, 6.45) is 4.17. The van der Waals surface area contributed by atoms with Crippen molar-refractivity contribution in [3.05, 3.63) is 24.0 Å². The molecular formula is C14H22IN3O. The molecule has 5 heteroatoms. The van der Waals surface area contributed by atoms with E-state index >= 15 is 0 Å². The van der Waals surface area contributed by atoms with Crippen LogP contribution >= 0.6 is 22.6 Å². The minimum atomic E-state index is 0.374. The van der Waals surface area contributed by atoms with Crippen molar-refractivity contribution in [2.24, 2.45) is 0 Å². The third-order valence-corrected chi connectivity index (χ3v) is 4.94. The number of nitrogens with zero attached hydrogens (tertiary/aromatic N) is 2. The summed E-state index contributed by atoms with van der Waals surface area (Å²) in [4.78, 5) is 6.71. The standard InChI is InChI=1S/C14H22IN3O/c1-18(2)13(15)10-19-12-4-3-7-17-14(12)11-5-8-16-9-6-11/h3-4,7,11,13,16H,5-6,8-10H2,1-2H3/t13-/m0/s1. The number of rotatable bonds is 5. The summed E-state index contributed by atoms with van der Waals surface area (Å²) in [6.45, 7) is 2.85. The molecule has 1 aromatic rings. The molecule has 2 rings (SSSR count). The van der Waals surface area contributed by atoms with Crippen LogP contribution in [0.25, 0.3) is 0 Å². The van der Waals surface area contributed by atoms with Gasteiger partial charge in [-0.25, -0.2) is 0 Å². The Morgan fingerprint density at radius 2 is 2.21 bits per heavy atom. The van der Waals surface area contributed by atoms with Crippen LogP contribution in [-0.4, -0.2) is 47.7 Å². The van der Waals surface area contributed by atoms with Gasteiger partial charge in [-0.05, 0) is 52.2 Å². The van der Waals surface area contributed by atoms with Gasteiger partial charge in [0.05, 0.1) is 9.74 Å². The second kappa shape index (κ2) is 7.40. The van der Waals surface area contributed by atoms with E-state index in [2.05, 4.69) is 51.9 Å². The lowest BCUT2D eigenvalue weighted by molar-refractivity contribution is 0.245. The molecule has 0 radical (unpaired) electrons. The van der Waals surface area contributed by atoms with Crippen LogP contribution in [0.2, 0.25) is 0 Å². The van der Waals surface area contributed by atoms with Crippen LogP contribution in [0.1, 0.15) is 24.5 Å². The summed E-state index contributed by atoms with van der Waals surface area (Å²) < 4.78 is 6.36. The van der Waals surface area contributed by atoms with Crippen LogP contribution in [0.4, 0.5) is 0 Å². The molecule has 0 saturated carbocycles. The van der Waals surface area contributed by atoms with Crippen LogP contribution in [0.5, 0.6) is 5.75 Å². The van der Waals surface area contributed by atoms with E-state index in [4.69, 9.17) is 4.74 Å². The van der Waals surface area contributed by atoms with Gasteiger partial charge >= 0.3 is 0 Å².